The van der Waals surface area contributed by atoms with Crippen LogP contribution in [0.3, 0.4) is 0 Å². The second-order valence-corrected chi connectivity index (χ2v) is 5.75. The fourth-order valence-electron chi connectivity index (χ4n) is 2.78. The van der Waals surface area contributed by atoms with Crippen molar-refractivity contribution in [2.75, 3.05) is 36.4 Å². The molecule has 1 amide bonds. The lowest BCUT2D eigenvalue weighted by Gasteiger charge is -2.21. The van der Waals surface area contributed by atoms with E-state index in [9.17, 15) is 4.79 Å². The van der Waals surface area contributed by atoms with Gasteiger partial charge >= 0.3 is 0 Å². The van der Waals surface area contributed by atoms with Crippen LogP contribution in [0.4, 0.5) is 17.2 Å². The lowest BCUT2D eigenvalue weighted by molar-refractivity contribution is 0.0772. The van der Waals surface area contributed by atoms with E-state index in [1.807, 2.05) is 38.1 Å². The van der Waals surface area contributed by atoms with Gasteiger partial charge in [-0.1, -0.05) is 0 Å². The van der Waals surface area contributed by atoms with Gasteiger partial charge in [-0.05, 0) is 64.1 Å². The first-order chi connectivity index (χ1) is 12.1. The van der Waals surface area contributed by atoms with E-state index < -0.39 is 0 Å². The van der Waals surface area contributed by atoms with Crippen molar-refractivity contribution in [2.45, 2.75) is 27.7 Å². The fraction of sp³-hybridized carbons (Fsp3) is 0.400. The number of amides is 1. The van der Waals surface area contributed by atoms with Gasteiger partial charge in [0.1, 0.15) is 5.82 Å². The van der Waals surface area contributed by atoms with Crippen LogP contribution in [0.25, 0.3) is 0 Å². The van der Waals surface area contributed by atoms with Crippen LogP contribution in [0, 0.1) is 0 Å². The number of anilines is 3. The molecular weight excluding hydrogens is 312 g/mol. The van der Waals surface area contributed by atoms with E-state index in [0.29, 0.717) is 18.7 Å². The monoisotopic (exact) mass is 340 g/mol. The second kappa shape index (κ2) is 9.06. The van der Waals surface area contributed by atoms with Crippen LogP contribution in [0.15, 0.2) is 42.6 Å². The summed E-state index contributed by atoms with van der Waals surface area (Å²) in [7, 11) is 0. The van der Waals surface area contributed by atoms with Gasteiger partial charge in [0.25, 0.3) is 5.91 Å². The Balaban J connectivity index is 2.05. The largest absolute Gasteiger partial charge is 0.372 e. The normalized spacial score (nSPS) is 10.4. The van der Waals surface area contributed by atoms with Gasteiger partial charge in [0, 0.05) is 43.8 Å². The molecule has 0 aliphatic rings. The van der Waals surface area contributed by atoms with Crippen molar-refractivity contribution in [1.82, 2.24) is 9.88 Å². The summed E-state index contributed by atoms with van der Waals surface area (Å²) in [6.07, 6.45) is 1.63. The molecule has 0 aliphatic heterocycles. The van der Waals surface area contributed by atoms with Crippen molar-refractivity contribution < 1.29 is 4.79 Å². The van der Waals surface area contributed by atoms with Crippen LogP contribution in [0.2, 0.25) is 0 Å². The first kappa shape index (κ1) is 18.8. The Morgan fingerprint density at radius 1 is 0.920 bits per heavy atom. The molecule has 134 valence electrons. The van der Waals surface area contributed by atoms with E-state index in [1.165, 1.54) is 5.69 Å². The molecule has 0 spiro atoms. The molecule has 0 radical (unpaired) electrons. The van der Waals surface area contributed by atoms with Crippen LogP contribution in [0.1, 0.15) is 38.1 Å². The third kappa shape index (κ3) is 4.72. The topological polar surface area (TPSA) is 48.5 Å². The summed E-state index contributed by atoms with van der Waals surface area (Å²) >= 11 is 0. The molecule has 5 nitrogen and oxygen atoms in total. The highest BCUT2D eigenvalue weighted by Gasteiger charge is 2.12. The molecule has 25 heavy (non-hydrogen) atoms. The minimum atomic E-state index is 0.0209. The quantitative estimate of drug-likeness (QED) is 0.784. The molecule has 0 atom stereocenters. The van der Waals surface area contributed by atoms with Gasteiger partial charge in [0.15, 0.2) is 0 Å². The van der Waals surface area contributed by atoms with Gasteiger partial charge in [-0.2, -0.15) is 0 Å². The summed E-state index contributed by atoms with van der Waals surface area (Å²) in [5.74, 6) is 0.749. The molecular formula is C20H28N4O. The second-order valence-electron chi connectivity index (χ2n) is 5.75. The molecule has 0 saturated heterocycles. The summed E-state index contributed by atoms with van der Waals surface area (Å²) < 4.78 is 0. The van der Waals surface area contributed by atoms with Gasteiger partial charge in [-0.15, -0.1) is 0 Å². The van der Waals surface area contributed by atoms with Crippen molar-refractivity contribution in [2.24, 2.45) is 0 Å². The van der Waals surface area contributed by atoms with E-state index >= 15 is 0 Å². The minimum Gasteiger partial charge on any atom is -0.372 e. The highest BCUT2D eigenvalue weighted by atomic mass is 16.2. The molecule has 1 aromatic carbocycles. The molecule has 1 N–H and O–H groups in total. The summed E-state index contributed by atoms with van der Waals surface area (Å²) in [4.78, 5) is 20.8. The van der Waals surface area contributed by atoms with Gasteiger partial charge < -0.3 is 15.1 Å². The number of carbonyl (C=O) groups is 1. The maximum Gasteiger partial charge on any atom is 0.255 e. The molecule has 1 aromatic heterocycles. The van der Waals surface area contributed by atoms with Crippen molar-refractivity contribution in [3.8, 4) is 0 Å². The highest BCUT2D eigenvalue weighted by molar-refractivity contribution is 5.94. The lowest BCUT2D eigenvalue weighted by Crippen LogP contribution is -2.30. The number of nitrogens with one attached hydrogen (secondary N) is 1. The minimum absolute atomic E-state index is 0.0209. The zero-order valence-corrected chi connectivity index (χ0v) is 15.6. The van der Waals surface area contributed by atoms with Gasteiger partial charge in [-0.25, -0.2) is 4.98 Å². The average molecular weight is 340 g/mol. The number of rotatable bonds is 8. The van der Waals surface area contributed by atoms with E-state index in [4.69, 9.17) is 0 Å². The van der Waals surface area contributed by atoms with Crippen LogP contribution in [0.5, 0.6) is 0 Å². The van der Waals surface area contributed by atoms with Crippen LogP contribution < -0.4 is 10.2 Å². The predicted molar refractivity (Wildman–Crippen MR) is 105 cm³/mol. The third-order valence-corrected chi connectivity index (χ3v) is 4.33. The molecule has 5 heteroatoms. The summed E-state index contributed by atoms with van der Waals surface area (Å²) in [5.41, 5.74) is 2.81. The maximum absolute atomic E-state index is 12.3. The molecule has 2 aromatic rings. The summed E-state index contributed by atoms with van der Waals surface area (Å²) in [5, 5.41) is 3.27. The molecule has 0 saturated carbocycles. The average Bonchev–Trinajstić information content (AvgIpc) is 2.65. The SMILES string of the molecule is CCN(CC)C(=O)c1ccc(Nc2ccc(N(CC)CC)cc2)nc1. The zero-order chi connectivity index (χ0) is 18.2. The first-order valence-electron chi connectivity index (χ1n) is 9.00. The van der Waals surface area contributed by atoms with E-state index in [0.717, 1.165) is 24.6 Å². The summed E-state index contributed by atoms with van der Waals surface area (Å²) in [6.45, 7) is 11.7. The van der Waals surface area contributed by atoms with Crippen molar-refractivity contribution in [3.05, 3.63) is 48.2 Å². The lowest BCUT2D eigenvalue weighted by atomic mass is 10.2. The smallest absolute Gasteiger partial charge is 0.255 e. The van der Waals surface area contributed by atoms with Crippen LogP contribution in [-0.2, 0) is 0 Å². The molecule has 0 unspecified atom stereocenters. The number of pyridine rings is 1. The number of hydrogen-bond acceptors (Lipinski definition) is 4. The van der Waals surface area contributed by atoms with Gasteiger partial charge in [-0.3, -0.25) is 4.79 Å². The van der Waals surface area contributed by atoms with Gasteiger partial charge in [0.05, 0.1) is 5.56 Å². The third-order valence-electron chi connectivity index (χ3n) is 4.33. The number of benzene rings is 1. The van der Waals surface area contributed by atoms with Crippen molar-refractivity contribution in [3.63, 3.8) is 0 Å². The predicted octanol–water partition coefficient (Wildman–Crippen LogP) is 4.15. The Kier molecular flexibility index (Phi) is 6.81. The molecule has 0 aliphatic carbocycles. The molecule has 0 fully saturated rings. The van der Waals surface area contributed by atoms with Crippen molar-refractivity contribution >= 4 is 23.1 Å². The number of nitrogens with zero attached hydrogens (tertiary/aromatic N) is 3. The Labute approximate surface area is 150 Å². The van der Waals surface area contributed by atoms with Gasteiger partial charge in [0.2, 0.25) is 0 Å². The zero-order valence-electron chi connectivity index (χ0n) is 15.6. The highest BCUT2D eigenvalue weighted by Crippen LogP contribution is 2.20. The Hall–Kier alpha value is -2.56. The number of carbonyl (C=O) groups excluding carboxylic acids is 1. The van der Waals surface area contributed by atoms with Crippen molar-refractivity contribution in [1.29, 1.82) is 0 Å². The van der Waals surface area contributed by atoms with Crippen LogP contribution in [-0.4, -0.2) is 42.0 Å². The Morgan fingerprint density at radius 2 is 1.56 bits per heavy atom. The summed E-state index contributed by atoms with van der Waals surface area (Å²) in [6, 6.07) is 12.0. The van der Waals surface area contributed by atoms with E-state index in [-0.39, 0.29) is 5.91 Å². The molecule has 2 rings (SSSR count). The molecule has 1 heterocycles. The van der Waals surface area contributed by atoms with Crippen LogP contribution >= 0.6 is 0 Å². The Morgan fingerprint density at radius 3 is 2.04 bits per heavy atom. The maximum atomic E-state index is 12.3. The standard InChI is InChI=1S/C20H28N4O/c1-5-23(6-2)18-12-10-17(11-13-18)22-19-14-9-16(15-21-19)20(25)24(7-3)8-4/h9-15H,5-8H2,1-4H3,(H,21,22). The van der Waals surface area contributed by atoms with E-state index in [1.54, 1.807) is 11.1 Å². The number of hydrogen-bond donors (Lipinski definition) is 1. The fourth-order valence-corrected chi connectivity index (χ4v) is 2.78. The first-order valence-corrected chi connectivity index (χ1v) is 9.00. The Bertz CT molecular complexity index is 659. The number of aromatic nitrogens is 1. The van der Waals surface area contributed by atoms with E-state index in [2.05, 4.69) is 41.2 Å². The molecule has 0 bridgehead atoms.